The Kier molecular flexibility index (Phi) is 8.27. The van der Waals surface area contributed by atoms with E-state index in [2.05, 4.69) is 10.1 Å². The Morgan fingerprint density at radius 1 is 1.03 bits per heavy atom. The molecule has 0 radical (unpaired) electrons. The lowest BCUT2D eigenvalue weighted by Gasteiger charge is -2.10. The largest absolute Gasteiger partial charge is 0.497 e. The number of amides is 1. The third-order valence-corrected chi connectivity index (χ3v) is 4.05. The van der Waals surface area contributed by atoms with Crippen molar-refractivity contribution < 1.29 is 28.5 Å². The Morgan fingerprint density at radius 2 is 1.77 bits per heavy atom. The summed E-state index contributed by atoms with van der Waals surface area (Å²) in [5.41, 5.74) is 1.37. The summed E-state index contributed by atoms with van der Waals surface area (Å²) in [5, 5.41) is 12.1. The van der Waals surface area contributed by atoms with Crippen LogP contribution in [0.4, 0.5) is 0 Å². The third kappa shape index (κ3) is 6.27. The minimum absolute atomic E-state index is 0.0613. The standard InChI is InChI=1S/C22H22N2O6/c1-27-18-7-4-15(5-8-18)13-24-22(26)17(12-23)10-16-6-9-19(20(11-16)28-2)30-14-21(25)29-3/h4-11H,13-14H2,1-3H3,(H,24,26)/b17-10-. The summed E-state index contributed by atoms with van der Waals surface area (Å²) in [6.07, 6.45) is 1.44. The summed E-state index contributed by atoms with van der Waals surface area (Å²) >= 11 is 0. The first kappa shape index (κ1) is 22.3. The molecule has 0 aliphatic rings. The van der Waals surface area contributed by atoms with Crippen molar-refractivity contribution in [2.75, 3.05) is 27.9 Å². The molecule has 2 aromatic carbocycles. The van der Waals surface area contributed by atoms with Gasteiger partial charge >= 0.3 is 5.97 Å². The monoisotopic (exact) mass is 410 g/mol. The maximum absolute atomic E-state index is 12.4. The molecule has 0 aliphatic carbocycles. The van der Waals surface area contributed by atoms with Crippen molar-refractivity contribution in [2.24, 2.45) is 0 Å². The average molecular weight is 410 g/mol. The predicted molar refractivity (Wildman–Crippen MR) is 109 cm³/mol. The first-order chi connectivity index (χ1) is 14.5. The lowest BCUT2D eigenvalue weighted by molar-refractivity contribution is -0.142. The topological polar surface area (TPSA) is 107 Å². The van der Waals surface area contributed by atoms with Gasteiger partial charge in [-0.1, -0.05) is 18.2 Å². The summed E-state index contributed by atoms with van der Waals surface area (Å²) in [6, 6.07) is 14.0. The number of carbonyl (C=O) groups is 2. The zero-order valence-corrected chi connectivity index (χ0v) is 16.9. The molecular formula is C22H22N2O6. The van der Waals surface area contributed by atoms with Crippen LogP contribution in [-0.2, 0) is 20.9 Å². The lowest BCUT2D eigenvalue weighted by Crippen LogP contribution is -2.23. The van der Waals surface area contributed by atoms with Crippen molar-refractivity contribution in [1.82, 2.24) is 5.32 Å². The summed E-state index contributed by atoms with van der Waals surface area (Å²) in [6.45, 7) is 0.00469. The second-order valence-corrected chi connectivity index (χ2v) is 5.98. The molecule has 0 bridgehead atoms. The highest BCUT2D eigenvalue weighted by Gasteiger charge is 2.12. The molecule has 2 rings (SSSR count). The number of hydrogen-bond acceptors (Lipinski definition) is 7. The van der Waals surface area contributed by atoms with Crippen molar-refractivity contribution in [3.05, 3.63) is 59.2 Å². The van der Waals surface area contributed by atoms with Crippen LogP contribution in [0.15, 0.2) is 48.0 Å². The number of nitrogens with one attached hydrogen (secondary N) is 1. The average Bonchev–Trinajstić information content (AvgIpc) is 2.79. The van der Waals surface area contributed by atoms with Gasteiger partial charge < -0.3 is 24.3 Å². The molecule has 0 saturated carbocycles. The molecule has 156 valence electrons. The van der Waals surface area contributed by atoms with Crippen molar-refractivity contribution in [2.45, 2.75) is 6.54 Å². The van der Waals surface area contributed by atoms with E-state index >= 15 is 0 Å². The van der Waals surface area contributed by atoms with Crippen LogP contribution >= 0.6 is 0 Å². The van der Waals surface area contributed by atoms with Gasteiger partial charge in [-0.3, -0.25) is 4.79 Å². The molecule has 0 aromatic heterocycles. The minimum Gasteiger partial charge on any atom is -0.497 e. The van der Waals surface area contributed by atoms with Crippen LogP contribution in [0.1, 0.15) is 11.1 Å². The van der Waals surface area contributed by atoms with Gasteiger partial charge in [0.05, 0.1) is 21.3 Å². The van der Waals surface area contributed by atoms with E-state index in [-0.39, 0.29) is 18.7 Å². The quantitative estimate of drug-likeness (QED) is 0.384. The fourth-order valence-electron chi connectivity index (χ4n) is 2.43. The van der Waals surface area contributed by atoms with Crippen molar-refractivity contribution >= 4 is 18.0 Å². The van der Waals surface area contributed by atoms with Crippen molar-refractivity contribution in [3.8, 4) is 23.3 Å². The normalized spacial score (nSPS) is 10.5. The second-order valence-electron chi connectivity index (χ2n) is 5.98. The number of rotatable bonds is 9. The van der Waals surface area contributed by atoms with Gasteiger partial charge in [0.1, 0.15) is 17.4 Å². The van der Waals surface area contributed by atoms with Crippen LogP contribution in [-0.4, -0.2) is 39.8 Å². The van der Waals surface area contributed by atoms with Crippen molar-refractivity contribution in [3.63, 3.8) is 0 Å². The number of nitrogens with zero attached hydrogens (tertiary/aromatic N) is 1. The van der Waals surface area contributed by atoms with Gasteiger partial charge in [0, 0.05) is 6.54 Å². The summed E-state index contributed by atoms with van der Waals surface area (Å²) in [4.78, 5) is 23.6. The number of ether oxygens (including phenoxy) is 4. The lowest BCUT2D eigenvalue weighted by atomic mass is 10.1. The predicted octanol–water partition coefficient (Wildman–Crippen LogP) is 2.48. The highest BCUT2D eigenvalue weighted by atomic mass is 16.6. The number of nitriles is 1. The maximum atomic E-state index is 12.4. The van der Waals surface area contributed by atoms with Crippen LogP contribution in [0.5, 0.6) is 17.2 Å². The number of hydrogen-bond donors (Lipinski definition) is 1. The molecule has 2 aromatic rings. The van der Waals surface area contributed by atoms with Gasteiger partial charge in [-0.2, -0.15) is 5.26 Å². The van der Waals surface area contributed by atoms with E-state index in [0.717, 1.165) is 11.3 Å². The first-order valence-electron chi connectivity index (χ1n) is 8.91. The summed E-state index contributed by atoms with van der Waals surface area (Å²) in [7, 11) is 4.29. The molecule has 1 N–H and O–H groups in total. The smallest absolute Gasteiger partial charge is 0.343 e. The SMILES string of the molecule is COC(=O)COc1ccc(/C=C(/C#N)C(=O)NCc2ccc(OC)cc2)cc1OC. The Hall–Kier alpha value is -3.99. The zero-order valence-electron chi connectivity index (χ0n) is 16.9. The highest BCUT2D eigenvalue weighted by molar-refractivity contribution is 6.01. The number of benzene rings is 2. The van der Waals surface area contributed by atoms with E-state index in [1.54, 1.807) is 37.4 Å². The molecule has 8 nitrogen and oxygen atoms in total. The van der Waals surface area contributed by atoms with E-state index in [9.17, 15) is 14.9 Å². The molecule has 0 fully saturated rings. The second kappa shape index (κ2) is 11.1. The van der Waals surface area contributed by atoms with E-state index in [0.29, 0.717) is 17.1 Å². The molecule has 0 heterocycles. The molecular weight excluding hydrogens is 388 g/mol. The van der Waals surface area contributed by atoms with E-state index in [4.69, 9.17) is 14.2 Å². The van der Waals surface area contributed by atoms with Gasteiger partial charge in [0.15, 0.2) is 18.1 Å². The van der Waals surface area contributed by atoms with Crippen LogP contribution in [0.25, 0.3) is 6.08 Å². The highest BCUT2D eigenvalue weighted by Crippen LogP contribution is 2.29. The van der Waals surface area contributed by atoms with Gasteiger partial charge in [0.25, 0.3) is 5.91 Å². The maximum Gasteiger partial charge on any atom is 0.343 e. The summed E-state index contributed by atoms with van der Waals surface area (Å²) in [5.74, 6) is 0.376. The molecule has 0 aliphatic heterocycles. The minimum atomic E-state index is -0.527. The van der Waals surface area contributed by atoms with Crippen LogP contribution in [0.3, 0.4) is 0 Å². The fourth-order valence-corrected chi connectivity index (χ4v) is 2.43. The molecule has 0 saturated heterocycles. The molecule has 1 amide bonds. The Labute approximate surface area is 174 Å². The van der Waals surface area contributed by atoms with Gasteiger partial charge in [-0.15, -0.1) is 0 Å². The fraction of sp³-hybridized carbons (Fsp3) is 0.227. The van der Waals surface area contributed by atoms with Gasteiger partial charge in [-0.05, 0) is 41.5 Å². The van der Waals surface area contributed by atoms with Crippen molar-refractivity contribution in [1.29, 1.82) is 5.26 Å². The first-order valence-corrected chi connectivity index (χ1v) is 8.91. The Morgan fingerprint density at radius 3 is 2.37 bits per heavy atom. The Bertz CT molecular complexity index is 961. The number of methoxy groups -OCH3 is 3. The van der Waals surface area contributed by atoms with E-state index < -0.39 is 11.9 Å². The van der Waals surface area contributed by atoms with Crippen LogP contribution in [0.2, 0.25) is 0 Å². The number of esters is 1. The van der Waals surface area contributed by atoms with E-state index in [1.807, 2.05) is 18.2 Å². The van der Waals surface area contributed by atoms with E-state index in [1.165, 1.54) is 20.3 Å². The molecule has 8 heteroatoms. The van der Waals surface area contributed by atoms with Crippen LogP contribution < -0.4 is 19.5 Å². The molecule has 0 atom stereocenters. The van der Waals surface area contributed by atoms with Gasteiger partial charge in [0.2, 0.25) is 0 Å². The molecule has 30 heavy (non-hydrogen) atoms. The number of carbonyl (C=O) groups excluding carboxylic acids is 2. The summed E-state index contributed by atoms with van der Waals surface area (Å²) < 4.78 is 20.2. The van der Waals surface area contributed by atoms with Gasteiger partial charge in [-0.25, -0.2) is 4.79 Å². The Balaban J connectivity index is 2.08. The third-order valence-electron chi connectivity index (χ3n) is 4.05. The van der Waals surface area contributed by atoms with Crippen LogP contribution in [0, 0.1) is 11.3 Å². The molecule has 0 spiro atoms. The zero-order chi connectivity index (χ0) is 21.9. The molecule has 0 unspecified atom stereocenters.